The quantitative estimate of drug-likeness (QED) is 0.0961. The van der Waals surface area contributed by atoms with E-state index in [1.165, 1.54) is 186 Å². The van der Waals surface area contributed by atoms with Crippen molar-refractivity contribution in [1.29, 1.82) is 0 Å². The van der Waals surface area contributed by atoms with E-state index < -0.39 is 0 Å². The second kappa shape index (κ2) is 24.5. The minimum Gasteiger partial charge on any atom is -0.313 e. The molecule has 1 aliphatic rings. The van der Waals surface area contributed by atoms with Crippen molar-refractivity contribution in [3.05, 3.63) is 393 Å². The average Bonchev–Trinajstić information content (AvgIpc) is 0.974. The summed E-state index contributed by atoms with van der Waals surface area (Å²) in [6, 6.07) is 141. The van der Waals surface area contributed by atoms with E-state index in [-0.39, 0.29) is 0 Å². The van der Waals surface area contributed by atoms with Crippen LogP contribution in [0.1, 0.15) is 17.7 Å². The Hall–Kier alpha value is -14.6. The van der Waals surface area contributed by atoms with Crippen LogP contribution in [-0.4, -0.2) is 18.3 Å². The van der Waals surface area contributed by atoms with Gasteiger partial charge in [0.15, 0.2) is 0 Å². The fourth-order valence-corrected chi connectivity index (χ4v) is 19.8. The summed E-state index contributed by atoms with van der Waals surface area (Å²) in [6.07, 6.45) is 6.73. The number of benzene rings is 19. The van der Waals surface area contributed by atoms with Crippen molar-refractivity contribution in [2.45, 2.75) is 12.8 Å². The summed E-state index contributed by atoms with van der Waals surface area (Å²) >= 11 is 0. The smallest absolute Gasteiger partial charge is 0.0562 e. The number of hydrogen-bond acceptors (Lipinski definition) is 0. The first-order valence-corrected chi connectivity index (χ1v) is 39.1. The highest BCUT2D eigenvalue weighted by Gasteiger charge is 2.31. The second-order valence-corrected chi connectivity index (χ2v) is 30.4. The molecular formula is C108H68N4. The third kappa shape index (κ3) is 9.18. The van der Waals surface area contributed by atoms with Gasteiger partial charge in [0.25, 0.3) is 0 Å². The molecular weight excluding hydrogens is 1350 g/mol. The Morgan fingerprint density at radius 3 is 0.955 bits per heavy atom. The van der Waals surface area contributed by atoms with Gasteiger partial charge in [-0.1, -0.05) is 285 Å². The van der Waals surface area contributed by atoms with E-state index in [9.17, 15) is 0 Å². The normalized spacial score (nSPS) is 12.5. The number of para-hydroxylation sites is 5. The molecule has 0 aliphatic heterocycles. The van der Waals surface area contributed by atoms with E-state index >= 15 is 0 Å². The van der Waals surface area contributed by atoms with Crippen LogP contribution in [0.3, 0.4) is 0 Å². The van der Waals surface area contributed by atoms with E-state index in [4.69, 9.17) is 0 Å². The first kappa shape index (κ1) is 62.5. The zero-order valence-electron chi connectivity index (χ0n) is 61.2. The Morgan fingerprint density at radius 1 is 0.179 bits per heavy atom. The third-order valence-electron chi connectivity index (χ3n) is 24.5. The summed E-state index contributed by atoms with van der Waals surface area (Å²) < 4.78 is 9.88. The van der Waals surface area contributed by atoms with E-state index in [1.54, 1.807) is 0 Å². The minimum atomic E-state index is 0.992. The molecule has 0 saturated heterocycles. The molecule has 0 fully saturated rings. The lowest BCUT2D eigenvalue weighted by molar-refractivity contribution is 0.888. The number of aromatic nitrogens is 4. The first-order valence-electron chi connectivity index (χ1n) is 39.1. The van der Waals surface area contributed by atoms with Gasteiger partial charge in [-0.3, -0.25) is 0 Å². The highest BCUT2D eigenvalue weighted by atomic mass is 15.0. The first-order chi connectivity index (χ1) is 55.6. The highest BCUT2D eigenvalue weighted by molar-refractivity contribution is 6.44. The molecule has 0 N–H and O–H groups in total. The number of fused-ring (bicyclic) bond motifs is 18. The molecule has 0 atom stereocenters. The van der Waals surface area contributed by atoms with Crippen molar-refractivity contribution in [3.8, 4) is 89.5 Å². The standard InChI is InChI=1S/C108H68N4/c1-7-27-69(28-8-1)103-101(71-53-49-67(50-54-71)73-57-59-95-87(61-73)91-63-89-81-41-21-23-47-93(81)109(75-31-11-3-12-32-75)97(89)65-99(91)111(95)77-35-15-5-16-36-77)102(104(70-29-9-2-10-30-70)108-86-46-26-44-84-80-40-20-19-39-79(80)83-43-25-45-85(107(103)108)105(83)106(84)86)72-55-51-68(52-56-72)74-58-60-96-88(62-74)92-64-90-82-42-22-24-48-94(82)110(76-33-13-4-14-34-76)98(90)66-100(92)112(96)78-37-17-6-18-38-78/h1-23,25-47,49-66H,24,48H2. The van der Waals surface area contributed by atoms with Crippen molar-refractivity contribution in [1.82, 2.24) is 18.3 Å². The molecule has 23 aromatic rings. The zero-order valence-corrected chi connectivity index (χ0v) is 61.2. The van der Waals surface area contributed by atoms with Crippen molar-refractivity contribution in [3.63, 3.8) is 0 Å². The van der Waals surface area contributed by atoms with Crippen molar-refractivity contribution in [2.75, 3.05) is 0 Å². The van der Waals surface area contributed by atoms with Gasteiger partial charge in [0, 0.05) is 71.7 Å². The lowest BCUT2D eigenvalue weighted by Gasteiger charge is -2.27. The number of hydrogen-bond donors (Lipinski definition) is 0. The van der Waals surface area contributed by atoms with E-state index in [1.807, 2.05) is 0 Å². The zero-order chi connectivity index (χ0) is 73.2. The molecule has 0 unspecified atom stereocenters. The maximum Gasteiger partial charge on any atom is 0.0562 e. The summed E-state index contributed by atoms with van der Waals surface area (Å²) in [4.78, 5) is 0. The van der Waals surface area contributed by atoms with Crippen molar-refractivity contribution < 1.29 is 0 Å². The van der Waals surface area contributed by atoms with Gasteiger partial charge in [-0.25, -0.2) is 0 Å². The van der Waals surface area contributed by atoms with Crippen LogP contribution in [0.2, 0.25) is 0 Å². The maximum atomic E-state index is 2.51. The average molecular weight is 1420 g/mol. The monoisotopic (exact) mass is 1420 g/mol. The molecule has 1 aliphatic carbocycles. The molecule has 520 valence electrons. The van der Waals surface area contributed by atoms with Gasteiger partial charge in [0.05, 0.1) is 38.6 Å². The molecule has 4 heterocycles. The van der Waals surface area contributed by atoms with Gasteiger partial charge in [0.2, 0.25) is 0 Å². The summed E-state index contributed by atoms with van der Waals surface area (Å²) in [5.41, 5.74) is 29.6. The Labute approximate surface area is 646 Å². The Balaban J connectivity index is 0.745. The summed E-state index contributed by atoms with van der Waals surface area (Å²) in [7, 11) is 0. The molecule has 0 saturated carbocycles. The molecule has 4 aromatic heterocycles. The van der Waals surface area contributed by atoms with Crippen molar-refractivity contribution in [2.24, 2.45) is 0 Å². The molecule has 4 nitrogen and oxygen atoms in total. The predicted molar refractivity (Wildman–Crippen MR) is 475 cm³/mol. The van der Waals surface area contributed by atoms with Gasteiger partial charge in [-0.2, -0.15) is 0 Å². The van der Waals surface area contributed by atoms with Crippen LogP contribution in [-0.2, 0) is 6.42 Å². The lowest BCUT2D eigenvalue weighted by Crippen LogP contribution is -2.02. The van der Waals surface area contributed by atoms with Crippen molar-refractivity contribution >= 4 is 136 Å². The van der Waals surface area contributed by atoms with Gasteiger partial charge >= 0.3 is 0 Å². The molecule has 0 bridgehead atoms. The summed E-state index contributed by atoms with van der Waals surface area (Å²) in [5.74, 6) is 0. The Kier molecular flexibility index (Phi) is 13.6. The molecule has 24 rings (SSSR count). The number of allylic oxidation sites excluding steroid dienone is 1. The van der Waals surface area contributed by atoms with Crippen LogP contribution in [0.4, 0.5) is 0 Å². The summed E-state index contributed by atoms with van der Waals surface area (Å²) in [5, 5.41) is 21.3. The third-order valence-corrected chi connectivity index (χ3v) is 24.5. The fourth-order valence-electron chi connectivity index (χ4n) is 19.8. The molecule has 0 radical (unpaired) electrons. The van der Waals surface area contributed by atoms with E-state index in [0.29, 0.717) is 0 Å². The predicted octanol–water partition coefficient (Wildman–Crippen LogP) is 29.1. The molecule has 0 spiro atoms. The Bertz CT molecular complexity index is 7840. The van der Waals surface area contributed by atoms with E-state index in [2.05, 4.69) is 407 Å². The van der Waals surface area contributed by atoms with Crippen LogP contribution >= 0.6 is 0 Å². The molecule has 0 amide bonds. The second-order valence-electron chi connectivity index (χ2n) is 30.4. The summed E-state index contributed by atoms with van der Waals surface area (Å²) in [6.45, 7) is 0. The topological polar surface area (TPSA) is 19.7 Å². The van der Waals surface area contributed by atoms with Gasteiger partial charge in [-0.05, 0) is 237 Å². The highest BCUT2D eigenvalue weighted by Crippen LogP contribution is 2.57. The maximum absolute atomic E-state index is 2.51. The molecule has 19 aromatic carbocycles. The van der Waals surface area contributed by atoms with Gasteiger partial charge < -0.3 is 18.3 Å². The Morgan fingerprint density at radius 2 is 0.500 bits per heavy atom. The van der Waals surface area contributed by atoms with E-state index in [0.717, 1.165) is 57.7 Å². The largest absolute Gasteiger partial charge is 0.313 e. The van der Waals surface area contributed by atoms with Crippen LogP contribution < -0.4 is 0 Å². The van der Waals surface area contributed by atoms with Crippen LogP contribution in [0.15, 0.2) is 382 Å². The fraction of sp³-hybridized carbons (Fsp3) is 0.0185. The van der Waals surface area contributed by atoms with Crippen LogP contribution in [0.25, 0.3) is 226 Å². The van der Waals surface area contributed by atoms with Crippen LogP contribution in [0, 0.1) is 0 Å². The molecule has 112 heavy (non-hydrogen) atoms. The SMILES string of the molecule is C1=Cc2c(n(-c3ccccc3)c3cc4c(cc23)c2cc(-c3ccc(-c5c(-c6ccc(-c7ccc8c(c7)c7cc9c%10ccccc%10n(-c%10ccccc%10)c9cc7n8-c7ccccc7)cc6)c(-c6ccccc6)c6c7cccc8c9ccccc9c9cccc(c6c5-c5ccccc5)c9c87)cc3)ccc2n4-c2ccccc2)CC1. The number of rotatable bonds is 10. The van der Waals surface area contributed by atoms with Gasteiger partial charge in [-0.15, -0.1) is 0 Å². The number of nitrogens with zero attached hydrogens (tertiary/aromatic N) is 4. The molecule has 4 heteroatoms. The minimum absolute atomic E-state index is 0.992. The lowest BCUT2D eigenvalue weighted by atomic mass is 9.75. The van der Waals surface area contributed by atoms with Gasteiger partial charge in [0.1, 0.15) is 0 Å². The van der Waals surface area contributed by atoms with Crippen LogP contribution in [0.5, 0.6) is 0 Å².